The minimum Gasteiger partial charge on any atom is -0.301 e. The molecule has 0 radical (unpaired) electrons. The number of thioether (sulfide) groups is 1. The first-order valence-corrected chi connectivity index (χ1v) is 6.64. The van der Waals surface area contributed by atoms with Gasteiger partial charge in [-0.2, -0.15) is 13.2 Å². The third-order valence-corrected chi connectivity index (χ3v) is 3.97. The molecule has 2 aromatic rings. The smallest absolute Gasteiger partial charge is 0.301 e. The summed E-state index contributed by atoms with van der Waals surface area (Å²) in [5, 5.41) is 0. The molecule has 0 fully saturated rings. The Labute approximate surface area is 118 Å². The third kappa shape index (κ3) is 3.04. The second-order valence-corrected chi connectivity index (χ2v) is 5.44. The van der Waals surface area contributed by atoms with Crippen molar-refractivity contribution in [2.24, 2.45) is 0 Å². The van der Waals surface area contributed by atoms with E-state index in [1.807, 2.05) is 0 Å². The van der Waals surface area contributed by atoms with Gasteiger partial charge in [0.2, 0.25) is 0 Å². The summed E-state index contributed by atoms with van der Waals surface area (Å²) in [5.74, 6) is 0. The van der Waals surface area contributed by atoms with E-state index >= 15 is 0 Å². The van der Waals surface area contributed by atoms with Crippen LogP contribution in [0.15, 0.2) is 60.7 Å². The van der Waals surface area contributed by atoms with E-state index < -0.39 is 10.3 Å². The van der Waals surface area contributed by atoms with E-state index in [4.69, 9.17) is 0 Å². The van der Waals surface area contributed by atoms with E-state index in [-0.39, 0.29) is 11.8 Å². The highest BCUT2D eigenvalue weighted by molar-refractivity contribution is 8.01. The molecule has 0 heterocycles. The summed E-state index contributed by atoms with van der Waals surface area (Å²) in [7, 11) is 0. The molecular weight excluding hydrogens is 285 g/mol. The fraction of sp³-hybridized carbons (Fsp3) is 0.133. The van der Waals surface area contributed by atoms with Gasteiger partial charge in [-0.05, 0) is 22.9 Å². The zero-order valence-corrected chi connectivity index (χ0v) is 11.1. The van der Waals surface area contributed by atoms with E-state index in [1.165, 1.54) is 24.3 Å². The lowest BCUT2D eigenvalue weighted by Crippen LogP contribution is -2.29. The Balaban J connectivity index is 2.61. The molecule has 0 bridgehead atoms. The van der Waals surface area contributed by atoms with E-state index in [9.17, 15) is 18.0 Å². The van der Waals surface area contributed by atoms with Gasteiger partial charge in [0, 0.05) is 0 Å². The normalized spacial score (nSPS) is 12.2. The van der Waals surface area contributed by atoms with Crippen LogP contribution in [-0.4, -0.2) is 11.8 Å². The maximum absolute atomic E-state index is 12.9. The molecule has 1 nitrogen and oxygen atoms in total. The van der Waals surface area contributed by atoms with Gasteiger partial charge in [-0.1, -0.05) is 60.7 Å². The number of halogens is 3. The van der Waals surface area contributed by atoms with Gasteiger partial charge < -0.3 is 4.79 Å². The van der Waals surface area contributed by atoms with Crippen LogP contribution in [-0.2, 0) is 9.54 Å². The van der Waals surface area contributed by atoms with Crippen molar-refractivity contribution < 1.29 is 18.0 Å². The van der Waals surface area contributed by atoms with Gasteiger partial charge in [0.15, 0.2) is 0 Å². The highest BCUT2D eigenvalue weighted by Crippen LogP contribution is 2.49. The van der Waals surface area contributed by atoms with E-state index in [0.29, 0.717) is 17.4 Å². The number of benzene rings is 2. The van der Waals surface area contributed by atoms with Crippen molar-refractivity contribution in [3.63, 3.8) is 0 Å². The lowest BCUT2D eigenvalue weighted by Gasteiger charge is -2.29. The highest BCUT2D eigenvalue weighted by Gasteiger charge is 2.46. The summed E-state index contributed by atoms with van der Waals surface area (Å²) in [6.45, 7) is 0. The molecule has 0 N–H and O–H groups in total. The Bertz CT molecular complexity index is 527. The topological polar surface area (TPSA) is 17.1 Å². The van der Waals surface area contributed by atoms with Gasteiger partial charge in [0.25, 0.3) is 0 Å². The van der Waals surface area contributed by atoms with Gasteiger partial charge in [0.05, 0.1) is 0 Å². The van der Waals surface area contributed by atoms with Crippen LogP contribution in [0.2, 0.25) is 0 Å². The zero-order chi connectivity index (χ0) is 14.6. The summed E-state index contributed by atoms with van der Waals surface area (Å²) < 4.78 is 37.0. The fourth-order valence-corrected chi connectivity index (χ4v) is 2.92. The summed E-state index contributed by atoms with van der Waals surface area (Å²) in [6, 6.07) is 16.0. The van der Waals surface area contributed by atoms with Crippen molar-refractivity contribution in [1.29, 1.82) is 0 Å². The summed E-state index contributed by atoms with van der Waals surface area (Å²) in [6.07, 6.45) is 0.357. The number of rotatable bonds is 4. The van der Waals surface area contributed by atoms with Crippen LogP contribution in [0, 0.1) is 0 Å². The molecule has 2 aromatic carbocycles. The van der Waals surface area contributed by atoms with Crippen LogP contribution in [0.3, 0.4) is 0 Å². The van der Waals surface area contributed by atoms with E-state index in [1.54, 1.807) is 36.4 Å². The Morgan fingerprint density at radius 3 is 1.50 bits per heavy atom. The molecular formula is C15H11F3OS. The number of aldehydes is 1. The molecule has 0 aliphatic heterocycles. The van der Waals surface area contributed by atoms with Gasteiger partial charge >= 0.3 is 5.51 Å². The van der Waals surface area contributed by atoms with Crippen molar-refractivity contribution in [2.75, 3.05) is 0 Å². The molecule has 104 valence electrons. The summed E-state index contributed by atoms with van der Waals surface area (Å²) >= 11 is -0.313. The molecule has 0 saturated heterocycles. The predicted molar refractivity (Wildman–Crippen MR) is 73.4 cm³/mol. The van der Waals surface area contributed by atoms with E-state index in [2.05, 4.69) is 0 Å². The fourth-order valence-electron chi connectivity index (χ4n) is 2.00. The maximum Gasteiger partial charge on any atom is 0.443 e. The Kier molecular flexibility index (Phi) is 4.18. The van der Waals surface area contributed by atoms with Gasteiger partial charge in [-0.25, -0.2) is 0 Å². The molecule has 0 saturated carbocycles. The first-order chi connectivity index (χ1) is 9.48. The lowest BCUT2D eigenvalue weighted by atomic mass is 9.91. The molecule has 0 aliphatic rings. The quantitative estimate of drug-likeness (QED) is 0.779. The molecule has 0 spiro atoms. The van der Waals surface area contributed by atoms with Crippen molar-refractivity contribution in [3.8, 4) is 0 Å². The second kappa shape index (κ2) is 5.71. The average Bonchev–Trinajstić information content (AvgIpc) is 2.46. The summed E-state index contributed by atoms with van der Waals surface area (Å²) in [5.41, 5.74) is -3.90. The minimum atomic E-state index is -4.52. The largest absolute Gasteiger partial charge is 0.443 e. The van der Waals surface area contributed by atoms with Crippen LogP contribution < -0.4 is 0 Å². The molecule has 20 heavy (non-hydrogen) atoms. The zero-order valence-electron chi connectivity index (χ0n) is 10.3. The first kappa shape index (κ1) is 14.7. The van der Waals surface area contributed by atoms with Crippen LogP contribution >= 0.6 is 11.8 Å². The molecule has 0 unspecified atom stereocenters. The standard InChI is InChI=1S/C15H11F3OS/c16-15(17,18)20-14(11-19,12-7-3-1-4-8-12)13-9-5-2-6-10-13/h1-11H. The lowest BCUT2D eigenvalue weighted by molar-refractivity contribution is -0.109. The molecule has 0 atom stereocenters. The van der Waals surface area contributed by atoms with Crippen molar-refractivity contribution in [3.05, 3.63) is 71.8 Å². The average molecular weight is 296 g/mol. The highest BCUT2D eigenvalue weighted by atomic mass is 32.2. The number of carbonyl (C=O) groups excluding carboxylic acids is 1. The van der Waals surface area contributed by atoms with Crippen LogP contribution in [0.1, 0.15) is 11.1 Å². The predicted octanol–water partition coefficient (Wildman–Crippen LogP) is 4.38. The number of hydrogen-bond acceptors (Lipinski definition) is 2. The second-order valence-electron chi connectivity index (χ2n) is 4.13. The maximum atomic E-state index is 12.9. The first-order valence-electron chi connectivity index (χ1n) is 5.82. The van der Waals surface area contributed by atoms with E-state index in [0.717, 1.165) is 0 Å². The third-order valence-electron chi connectivity index (χ3n) is 2.85. The van der Waals surface area contributed by atoms with Crippen LogP contribution in [0.5, 0.6) is 0 Å². The van der Waals surface area contributed by atoms with Gasteiger partial charge in [0.1, 0.15) is 11.0 Å². The van der Waals surface area contributed by atoms with Crippen molar-refractivity contribution in [1.82, 2.24) is 0 Å². The Morgan fingerprint density at radius 2 is 1.20 bits per heavy atom. The molecule has 0 aliphatic carbocycles. The molecule has 5 heteroatoms. The van der Waals surface area contributed by atoms with Crippen LogP contribution in [0.25, 0.3) is 0 Å². The molecule has 0 amide bonds. The van der Waals surface area contributed by atoms with Crippen molar-refractivity contribution in [2.45, 2.75) is 10.3 Å². The molecule has 2 rings (SSSR count). The van der Waals surface area contributed by atoms with Gasteiger partial charge in [-0.3, -0.25) is 0 Å². The van der Waals surface area contributed by atoms with Gasteiger partial charge in [-0.15, -0.1) is 0 Å². The summed E-state index contributed by atoms with van der Waals surface area (Å²) in [4.78, 5) is 11.6. The Morgan fingerprint density at radius 1 is 0.800 bits per heavy atom. The molecule has 0 aromatic heterocycles. The number of hydrogen-bond donors (Lipinski definition) is 0. The van der Waals surface area contributed by atoms with Crippen molar-refractivity contribution >= 4 is 18.0 Å². The SMILES string of the molecule is O=CC(SC(F)(F)F)(c1ccccc1)c1ccccc1. The minimum absolute atomic E-state index is 0.309. The number of alkyl halides is 3. The Hall–Kier alpha value is -1.75. The van der Waals surface area contributed by atoms with Crippen LogP contribution in [0.4, 0.5) is 13.2 Å². The number of carbonyl (C=O) groups is 1. The monoisotopic (exact) mass is 296 g/mol.